The van der Waals surface area contributed by atoms with Gasteiger partial charge in [0, 0.05) is 12.6 Å². The molecule has 0 unspecified atom stereocenters. The van der Waals surface area contributed by atoms with Crippen molar-refractivity contribution < 1.29 is 22.7 Å². The number of halogens is 1. The molecule has 2 aromatic rings. The smallest absolute Gasteiger partial charge is 0.291 e. The third-order valence-corrected chi connectivity index (χ3v) is 3.81. The van der Waals surface area contributed by atoms with E-state index in [1.165, 1.54) is 18.2 Å². The van der Waals surface area contributed by atoms with Crippen LogP contribution in [0.5, 0.6) is 11.5 Å². The fourth-order valence-electron chi connectivity index (χ4n) is 1.84. The highest BCUT2D eigenvalue weighted by atomic mass is 35.5. The Bertz CT molecular complexity index is 928. The summed E-state index contributed by atoms with van der Waals surface area (Å²) >= 11 is 6.04. The van der Waals surface area contributed by atoms with Gasteiger partial charge in [-0.25, -0.2) is 8.42 Å². The van der Waals surface area contributed by atoms with Gasteiger partial charge in [-0.15, -0.1) is 0 Å². The molecule has 2 rings (SSSR count). The van der Waals surface area contributed by atoms with Gasteiger partial charge < -0.3 is 10.1 Å². The quantitative estimate of drug-likeness (QED) is 0.747. The van der Waals surface area contributed by atoms with Crippen LogP contribution in [-0.2, 0) is 19.6 Å². The number of sulfonamides is 1. The Morgan fingerprint density at radius 1 is 1.08 bits per heavy atom. The summed E-state index contributed by atoms with van der Waals surface area (Å²) in [6, 6.07) is 11.0. The Kier molecular flexibility index (Phi) is 5.66. The van der Waals surface area contributed by atoms with E-state index < -0.39 is 21.7 Å². The Balaban J connectivity index is 2.39. The molecule has 0 aliphatic heterocycles. The summed E-state index contributed by atoms with van der Waals surface area (Å²) in [4.78, 5) is 22.5. The monoisotopic (exact) mass is 382 g/mol. The molecule has 2 aromatic carbocycles. The number of para-hydroxylation sites is 1. The molecule has 0 radical (unpaired) electrons. The number of ether oxygens (including phenoxy) is 1. The molecule has 25 heavy (non-hydrogen) atoms. The van der Waals surface area contributed by atoms with Crippen LogP contribution in [0.2, 0.25) is 5.02 Å². The van der Waals surface area contributed by atoms with Gasteiger partial charge in [0.15, 0.2) is 5.75 Å². The minimum atomic E-state index is -3.61. The summed E-state index contributed by atoms with van der Waals surface area (Å²) in [7, 11) is -3.61. The molecule has 2 N–H and O–H groups in total. The lowest BCUT2D eigenvalue weighted by Gasteiger charge is -2.14. The third-order valence-electron chi connectivity index (χ3n) is 2.91. The van der Waals surface area contributed by atoms with Crippen LogP contribution in [0, 0.1) is 0 Å². The first-order valence-corrected chi connectivity index (χ1v) is 9.29. The molecule has 0 spiro atoms. The van der Waals surface area contributed by atoms with E-state index >= 15 is 0 Å². The number of anilines is 2. The molecule has 7 nitrogen and oxygen atoms in total. The van der Waals surface area contributed by atoms with Crippen molar-refractivity contribution in [1.82, 2.24) is 0 Å². The summed E-state index contributed by atoms with van der Waals surface area (Å²) in [5, 5.41) is 2.71. The van der Waals surface area contributed by atoms with Crippen molar-refractivity contribution in [3.05, 3.63) is 47.5 Å². The van der Waals surface area contributed by atoms with Crippen LogP contribution in [0.4, 0.5) is 11.4 Å². The van der Waals surface area contributed by atoms with Gasteiger partial charge in [0.2, 0.25) is 15.8 Å². The zero-order valence-electron chi connectivity index (χ0n) is 13.4. The van der Waals surface area contributed by atoms with Crippen LogP contribution >= 0.6 is 11.6 Å². The fourth-order valence-corrected chi connectivity index (χ4v) is 2.57. The maximum Gasteiger partial charge on any atom is 0.291 e. The van der Waals surface area contributed by atoms with Crippen LogP contribution in [-0.4, -0.2) is 26.4 Å². The maximum atomic E-state index is 11.6. The third kappa shape index (κ3) is 5.47. The molecule has 0 aliphatic carbocycles. The molecule has 132 valence electrons. The van der Waals surface area contributed by atoms with Gasteiger partial charge in [-0.1, -0.05) is 23.7 Å². The molecule has 0 saturated heterocycles. The number of carbonyl (C=O) groups is 2. The lowest BCUT2D eigenvalue weighted by molar-refractivity contribution is -0.133. The van der Waals surface area contributed by atoms with Crippen LogP contribution in [0.15, 0.2) is 42.5 Å². The first-order valence-electron chi connectivity index (χ1n) is 7.02. The molecule has 9 heteroatoms. The second-order valence-electron chi connectivity index (χ2n) is 5.13. The zero-order valence-corrected chi connectivity index (χ0v) is 14.9. The average molecular weight is 383 g/mol. The van der Waals surface area contributed by atoms with E-state index in [9.17, 15) is 18.0 Å². The van der Waals surface area contributed by atoms with E-state index in [1.54, 1.807) is 24.3 Å². The van der Waals surface area contributed by atoms with Crippen LogP contribution in [0.3, 0.4) is 0 Å². The summed E-state index contributed by atoms with van der Waals surface area (Å²) in [6.07, 6.45) is 0.979. The van der Waals surface area contributed by atoms with Crippen molar-refractivity contribution in [1.29, 1.82) is 0 Å². The largest absolute Gasteiger partial charge is 0.454 e. The topological polar surface area (TPSA) is 102 Å². The second kappa shape index (κ2) is 7.54. The molecular formula is C16H15ClN2O5S. The number of ketones is 1. The molecule has 0 heterocycles. The predicted octanol–water partition coefficient (Wildman–Crippen LogP) is 3.03. The van der Waals surface area contributed by atoms with E-state index in [1.807, 2.05) is 0 Å². The summed E-state index contributed by atoms with van der Waals surface area (Å²) in [6.45, 7) is 1.12. The van der Waals surface area contributed by atoms with Gasteiger partial charge in [-0.2, -0.15) is 0 Å². The van der Waals surface area contributed by atoms with Gasteiger partial charge in [0.25, 0.3) is 5.91 Å². The Morgan fingerprint density at radius 3 is 2.36 bits per heavy atom. The first kappa shape index (κ1) is 18.8. The van der Waals surface area contributed by atoms with Crippen molar-refractivity contribution in [3.63, 3.8) is 0 Å². The molecule has 1 amide bonds. The predicted molar refractivity (Wildman–Crippen MR) is 95.7 cm³/mol. The van der Waals surface area contributed by atoms with Gasteiger partial charge in [0.1, 0.15) is 5.75 Å². The number of hydrogen-bond acceptors (Lipinski definition) is 5. The van der Waals surface area contributed by atoms with Crippen molar-refractivity contribution in [2.24, 2.45) is 0 Å². The number of hydrogen-bond donors (Lipinski definition) is 2. The Hall–Kier alpha value is -2.58. The number of amides is 1. The highest BCUT2D eigenvalue weighted by Gasteiger charge is 2.14. The van der Waals surface area contributed by atoms with E-state index in [4.69, 9.17) is 16.3 Å². The van der Waals surface area contributed by atoms with E-state index in [0.29, 0.717) is 10.8 Å². The second-order valence-corrected chi connectivity index (χ2v) is 7.28. The van der Waals surface area contributed by atoms with Crippen LogP contribution in [0.1, 0.15) is 6.92 Å². The van der Waals surface area contributed by atoms with E-state index in [0.717, 1.165) is 13.2 Å². The van der Waals surface area contributed by atoms with Crippen molar-refractivity contribution in [2.75, 3.05) is 16.3 Å². The van der Waals surface area contributed by atoms with Crippen molar-refractivity contribution >= 4 is 44.7 Å². The van der Waals surface area contributed by atoms with Gasteiger partial charge in [-0.05, 0) is 30.3 Å². The average Bonchev–Trinajstić information content (AvgIpc) is 2.50. The maximum absolute atomic E-state index is 11.6. The minimum Gasteiger partial charge on any atom is -0.454 e. The number of rotatable bonds is 6. The normalized spacial score (nSPS) is 10.8. The summed E-state index contributed by atoms with van der Waals surface area (Å²) < 4.78 is 31.1. The summed E-state index contributed by atoms with van der Waals surface area (Å²) in [5.41, 5.74) is 0.321. The Morgan fingerprint density at radius 2 is 1.76 bits per heavy atom. The number of benzene rings is 2. The zero-order chi connectivity index (χ0) is 18.6. The lowest BCUT2D eigenvalue weighted by atomic mass is 10.2. The van der Waals surface area contributed by atoms with Crippen LogP contribution < -0.4 is 14.8 Å². The molecule has 0 fully saturated rings. The number of nitrogens with one attached hydrogen (secondary N) is 2. The Labute approximate surface area is 150 Å². The van der Waals surface area contributed by atoms with Gasteiger partial charge >= 0.3 is 0 Å². The highest BCUT2D eigenvalue weighted by molar-refractivity contribution is 7.92. The highest BCUT2D eigenvalue weighted by Crippen LogP contribution is 2.35. The number of Topliss-reactive ketones (excluding diaryl/α,β-unsaturated/α-hetero) is 1. The molecule has 0 saturated carbocycles. The molecule has 0 aliphatic rings. The SMILES string of the molecule is CC(=O)C(=O)Nc1ccc(Oc2ccccc2Cl)c(NS(C)(=O)=O)c1. The fraction of sp³-hybridized carbons (Fsp3) is 0.125. The first-order chi connectivity index (χ1) is 11.7. The summed E-state index contributed by atoms with van der Waals surface area (Å²) in [5.74, 6) is -0.973. The van der Waals surface area contributed by atoms with Crippen molar-refractivity contribution in [3.8, 4) is 11.5 Å². The van der Waals surface area contributed by atoms with Crippen LogP contribution in [0.25, 0.3) is 0 Å². The molecule has 0 atom stereocenters. The molecule has 0 aromatic heterocycles. The minimum absolute atomic E-state index is 0.0868. The molecule has 0 bridgehead atoms. The van der Waals surface area contributed by atoms with E-state index in [-0.39, 0.29) is 17.1 Å². The lowest BCUT2D eigenvalue weighted by Crippen LogP contribution is -2.20. The standard InChI is InChI=1S/C16H15ClN2O5S/c1-10(20)16(21)18-11-7-8-15(13(9-11)19-25(2,22)23)24-14-6-4-3-5-12(14)17/h3-9,19H,1-2H3,(H,18,21). The number of carbonyl (C=O) groups excluding carboxylic acids is 2. The van der Waals surface area contributed by atoms with Gasteiger partial charge in [-0.3, -0.25) is 14.3 Å². The molecular weight excluding hydrogens is 368 g/mol. The van der Waals surface area contributed by atoms with Gasteiger partial charge in [0.05, 0.1) is 17.0 Å². The van der Waals surface area contributed by atoms with Crippen molar-refractivity contribution in [2.45, 2.75) is 6.92 Å². The van der Waals surface area contributed by atoms with E-state index in [2.05, 4.69) is 10.0 Å².